The smallest absolute Gasteiger partial charge is 0.262 e. The molecule has 4 rings (SSSR count). The molecule has 11 heteroatoms. The monoisotopic (exact) mass is 413 g/mol. The van der Waals surface area contributed by atoms with Crippen LogP contribution in [-0.4, -0.2) is 41.6 Å². The van der Waals surface area contributed by atoms with E-state index in [4.69, 9.17) is 0 Å². The Labute approximate surface area is 167 Å². The first-order valence-electron chi connectivity index (χ1n) is 8.42. The highest BCUT2D eigenvalue weighted by Crippen LogP contribution is 2.19. The largest absolute Gasteiger partial charge is 0.301 e. The molecule has 9 nitrogen and oxygen atoms in total. The summed E-state index contributed by atoms with van der Waals surface area (Å²) in [7, 11) is 0. The standard InChI is InChI=1S/C17H15N7O2S2/c1-2-13-22-23-17(28-13)19-12(25)9-27-16-20-14-11(15(26)21-16)8-18-24(14)10-6-4-3-5-7-10/h3-8H,2,9H2,1H3,(H,19,23,25)(H,20,21,26). The number of hydrogen-bond acceptors (Lipinski definition) is 8. The third-order valence-corrected chi connectivity index (χ3v) is 5.63. The molecule has 2 N–H and O–H groups in total. The van der Waals surface area contributed by atoms with Gasteiger partial charge in [-0.3, -0.25) is 14.9 Å². The van der Waals surface area contributed by atoms with Gasteiger partial charge in [-0.1, -0.05) is 48.2 Å². The molecule has 142 valence electrons. The number of aromatic nitrogens is 6. The number of nitrogens with one attached hydrogen (secondary N) is 2. The summed E-state index contributed by atoms with van der Waals surface area (Å²) in [4.78, 5) is 31.6. The summed E-state index contributed by atoms with van der Waals surface area (Å²) in [5.74, 6) is -0.169. The van der Waals surface area contributed by atoms with Crippen LogP contribution in [-0.2, 0) is 11.2 Å². The molecule has 0 atom stereocenters. The molecule has 0 saturated carbocycles. The number of benzene rings is 1. The lowest BCUT2D eigenvalue weighted by atomic mass is 10.3. The predicted molar refractivity (Wildman–Crippen MR) is 108 cm³/mol. The molecule has 0 aliphatic carbocycles. The van der Waals surface area contributed by atoms with Gasteiger partial charge >= 0.3 is 0 Å². The van der Waals surface area contributed by atoms with Crippen LogP contribution < -0.4 is 10.9 Å². The molecular weight excluding hydrogens is 398 g/mol. The molecule has 3 aromatic heterocycles. The van der Waals surface area contributed by atoms with E-state index >= 15 is 0 Å². The Morgan fingerprint density at radius 2 is 2.11 bits per heavy atom. The van der Waals surface area contributed by atoms with Crippen LogP contribution >= 0.6 is 23.1 Å². The third kappa shape index (κ3) is 3.80. The van der Waals surface area contributed by atoms with Gasteiger partial charge in [0.05, 0.1) is 17.6 Å². The summed E-state index contributed by atoms with van der Waals surface area (Å²) in [6.07, 6.45) is 2.25. The Kier molecular flexibility index (Phi) is 5.17. The quantitative estimate of drug-likeness (QED) is 0.368. The average Bonchev–Trinajstić information content (AvgIpc) is 3.34. The van der Waals surface area contributed by atoms with E-state index in [1.165, 1.54) is 17.5 Å². The lowest BCUT2D eigenvalue weighted by molar-refractivity contribution is -0.113. The molecule has 28 heavy (non-hydrogen) atoms. The Morgan fingerprint density at radius 3 is 2.86 bits per heavy atom. The second-order valence-electron chi connectivity index (χ2n) is 5.69. The van der Waals surface area contributed by atoms with Crippen LogP contribution in [0.3, 0.4) is 0 Å². The minimum Gasteiger partial charge on any atom is -0.301 e. The molecule has 0 bridgehead atoms. The van der Waals surface area contributed by atoms with E-state index in [0.29, 0.717) is 21.3 Å². The molecule has 0 aliphatic heterocycles. The molecular formula is C17H15N7O2S2. The van der Waals surface area contributed by atoms with E-state index in [1.807, 2.05) is 37.3 Å². The second kappa shape index (κ2) is 7.90. The Bertz CT molecular complexity index is 1180. The number of carbonyl (C=O) groups excluding carboxylic acids is 1. The molecule has 0 saturated heterocycles. The summed E-state index contributed by atoms with van der Waals surface area (Å²) < 4.78 is 1.60. The van der Waals surface area contributed by atoms with Crippen molar-refractivity contribution in [3.05, 3.63) is 51.9 Å². The molecule has 3 heterocycles. The van der Waals surface area contributed by atoms with Gasteiger partial charge in [0, 0.05) is 0 Å². The van der Waals surface area contributed by atoms with Crippen LogP contribution in [0.15, 0.2) is 46.5 Å². The number of aryl methyl sites for hydroxylation is 1. The topological polar surface area (TPSA) is 118 Å². The van der Waals surface area contributed by atoms with E-state index < -0.39 is 0 Å². The fourth-order valence-electron chi connectivity index (χ4n) is 2.46. The first-order chi connectivity index (χ1) is 13.6. The molecule has 1 aromatic carbocycles. The average molecular weight is 413 g/mol. The lowest BCUT2D eigenvalue weighted by Crippen LogP contribution is -2.15. The molecule has 0 unspecified atom stereocenters. The number of rotatable bonds is 6. The van der Waals surface area contributed by atoms with Crippen LogP contribution in [0.1, 0.15) is 11.9 Å². The van der Waals surface area contributed by atoms with Crippen LogP contribution in [0, 0.1) is 0 Å². The summed E-state index contributed by atoms with van der Waals surface area (Å²) in [6, 6.07) is 9.42. The highest BCUT2D eigenvalue weighted by atomic mass is 32.2. The van der Waals surface area contributed by atoms with Crippen molar-refractivity contribution in [3.8, 4) is 5.69 Å². The zero-order valence-corrected chi connectivity index (χ0v) is 16.4. The van der Waals surface area contributed by atoms with Crippen molar-refractivity contribution in [2.45, 2.75) is 18.5 Å². The fraction of sp³-hybridized carbons (Fsp3) is 0.176. The van der Waals surface area contributed by atoms with E-state index in [1.54, 1.807) is 4.68 Å². The Morgan fingerprint density at radius 1 is 1.29 bits per heavy atom. The van der Waals surface area contributed by atoms with Crippen molar-refractivity contribution >= 4 is 45.2 Å². The normalized spacial score (nSPS) is 11.0. The van der Waals surface area contributed by atoms with Gasteiger partial charge in [-0.05, 0) is 18.6 Å². The minimum absolute atomic E-state index is 0.0783. The molecule has 0 radical (unpaired) electrons. The molecule has 0 aliphatic rings. The van der Waals surface area contributed by atoms with E-state index in [-0.39, 0.29) is 17.2 Å². The zero-order valence-electron chi connectivity index (χ0n) is 14.7. The maximum absolute atomic E-state index is 12.3. The number of thioether (sulfide) groups is 1. The van der Waals surface area contributed by atoms with E-state index in [0.717, 1.165) is 28.9 Å². The van der Waals surface area contributed by atoms with Gasteiger partial charge in [0.2, 0.25) is 11.0 Å². The number of para-hydroxylation sites is 1. The van der Waals surface area contributed by atoms with E-state index in [2.05, 4.69) is 30.6 Å². The van der Waals surface area contributed by atoms with Gasteiger partial charge in [0.15, 0.2) is 10.8 Å². The van der Waals surface area contributed by atoms with Gasteiger partial charge in [-0.15, -0.1) is 10.2 Å². The summed E-state index contributed by atoms with van der Waals surface area (Å²) in [6.45, 7) is 1.97. The predicted octanol–water partition coefficient (Wildman–Crippen LogP) is 2.25. The lowest BCUT2D eigenvalue weighted by Gasteiger charge is -2.04. The van der Waals surface area contributed by atoms with Gasteiger partial charge in [-0.25, -0.2) is 9.67 Å². The first-order valence-corrected chi connectivity index (χ1v) is 10.2. The fourth-order valence-corrected chi connectivity index (χ4v) is 3.81. The van der Waals surface area contributed by atoms with Crippen molar-refractivity contribution in [1.82, 2.24) is 29.9 Å². The van der Waals surface area contributed by atoms with Crippen molar-refractivity contribution in [3.63, 3.8) is 0 Å². The number of H-pyrrole nitrogens is 1. The maximum Gasteiger partial charge on any atom is 0.262 e. The van der Waals surface area contributed by atoms with E-state index in [9.17, 15) is 9.59 Å². The highest BCUT2D eigenvalue weighted by molar-refractivity contribution is 7.99. The molecule has 4 aromatic rings. The van der Waals surface area contributed by atoms with Crippen LogP contribution in [0.4, 0.5) is 5.13 Å². The minimum atomic E-state index is -0.299. The third-order valence-electron chi connectivity index (χ3n) is 3.77. The Hall–Kier alpha value is -3.05. The Balaban J connectivity index is 1.52. The number of hydrogen-bond donors (Lipinski definition) is 2. The first kappa shape index (κ1) is 18.3. The number of aromatic amines is 1. The zero-order chi connectivity index (χ0) is 19.5. The second-order valence-corrected chi connectivity index (χ2v) is 7.72. The summed E-state index contributed by atoms with van der Waals surface area (Å²) >= 11 is 2.47. The van der Waals surface area contributed by atoms with Gasteiger partial charge in [0.1, 0.15) is 10.4 Å². The van der Waals surface area contributed by atoms with Crippen LogP contribution in [0.2, 0.25) is 0 Å². The highest BCUT2D eigenvalue weighted by Gasteiger charge is 2.13. The number of anilines is 1. The number of nitrogens with zero attached hydrogens (tertiary/aromatic N) is 5. The van der Waals surface area contributed by atoms with Crippen molar-refractivity contribution < 1.29 is 4.79 Å². The van der Waals surface area contributed by atoms with Crippen molar-refractivity contribution in [1.29, 1.82) is 0 Å². The molecule has 1 amide bonds. The van der Waals surface area contributed by atoms with Gasteiger partial charge in [-0.2, -0.15) is 5.10 Å². The summed E-state index contributed by atoms with van der Waals surface area (Å²) in [5.41, 5.74) is 0.939. The van der Waals surface area contributed by atoms with Crippen LogP contribution in [0.5, 0.6) is 0 Å². The maximum atomic E-state index is 12.3. The van der Waals surface area contributed by atoms with Crippen LogP contribution in [0.25, 0.3) is 16.7 Å². The van der Waals surface area contributed by atoms with Gasteiger partial charge < -0.3 is 4.98 Å². The number of fused-ring (bicyclic) bond motifs is 1. The SMILES string of the molecule is CCc1nnc(NC(=O)CSc2nc3c(cnn3-c3ccccc3)c(=O)[nH]2)s1. The number of carbonyl (C=O) groups is 1. The summed E-state index contributed by atoms with van der Waals surface area (Å²) in [5, 5.41) is 16.9. The molecule has 0 spiro atoms. The van der Waals surface area contributed by atoms with Crippen molar-refractivity contribution in [2.24, 2.45) is 0 Å². The van der Waals surface area contributed by atoms with Gasteiger partial charge in [0.25, 0.3) is 5.56 Å². The molecule has 0 fully saturated rings. The number of amides is 1. The van der Waals surface area contributed by atoms with Crippen molar-refractivity contribution in [2.75, 3.05) is 11.1 Å².